The fourth-order valence-electron chi connectivity index (χ4n) is 2.42. The second-order valence-corrected chi connectivity index (χ2v) is 6.34. The van der Waals surface area contributed by atoms with Gasteiger partial charge in [-0.15, -0.1) is 60.2 Å². The van der Waals surface area contributed by atoms with Crippen LogP contribution in [0.4, 0.5) is 0 Å². The minimum absolute atomic E-state index is 0. The van der Waals surface area contributed by atoms with Crippen LogP contribution in [-0.2, 0) is 27.1 Å². The van der Waals surface area contributed by atoms with E-state index in [9.17, 15) is 0 Å². The van der Waals surface area contributed by atoms with Gasteiger partial charge < -0.3 is 4.99 Å². The second kappa shape index (κ2) is 10.8. The van der Waals surface area contributed by atoms with E-state index in [0.717, 1.165) is 5.56 Å². The first-order valence-electron chi connectivity index (χ1n) is 7.12. The SMILES string of the molecule is CC(C)(C)c1[c-]c(C=NC2CCCCC2)ccc1.Cl.Cl.[Ti]. The van der Waals surface area contributed by atoms with Crippen LogP contribution in [0.1, 0.15) is 64.0 Å². The van der Waals surface area contributed by atoms with Crippen LogP contribution in [0.3, 0.4) is 0 Å². The molecule has 0 radical (unpaired) electrons. The quantitative estimate of drug-likeness (QED) is 0.380. The molecule has 118 valence electrons. The van der Waals surface area contributed by atoms with Gasteiger partial charge in [0.15, 0.2) is 0 Å². The summed E-state index contributed by atoms with van der Waals surface area (Å²) in [5, 5.41) is 0. The molecule has 0 amide bonds. The molecule has 1 aromatic rings. The molecular weight excluding hydrogens is 337 g/mol. The predicted molar refractivity (Wildman–Crippen MR) is 92.9 cm³/mol. The molecule has 1 saturated carbocycles. The van der Waals surface area contributed by atoms with Crippen molar-refractivity contribution in [2.75, 3.05) is 0 Å². The number of halogens is 2. The number of aliphatic imine (C=N–C) groups is 1. The predicted octanol–water partition coefficient (Wildman–Crippen LogP) is 5.38. The van der Waals surface area contributed by atoms with E-state index >= 15 is 0 Å². The number of rotatable bonds is 2. The third-order valence-electron chi connectivity index (χ3n) is 3.62. The number of nitrogens with zero attached hydrogens (tertiary/aromatic N) is 1. The Morgan fingerprint density at radius 1 is 1.10 bits per heavy atom. The first-order valence-corrected chi connectivity index (χ1v) is 7.12. The van der Waals surface area contributed by atoms with Crippen LogP contribution in [0, 0.1) is 6.07 Å². The zero-order valence-corrected chi connectivity index (χ0v) is 16.4. The van der Waals surface area contributed by atoms with Gasteiger partial charge in [-0.3, -0.25) is 0 Å². The van der Waals surface area contributed by atoms with Crippen LogP contribution in [0.15, 0.2) is 23.2 Å². The van der Waals surface area contributed by atoms with Gasteiger partial charge in [0.1, 0.15) is 0 Å². The first kappa shape index (κ1) is 23.5. The summed E-state index contributed by atoms with van der Waals surface area (Å²) in [7, 11) is 0. The van der Waals surface area contributed by atoms with E-state index in [1.165, 1.54) is 37.7 Å². The Morgan fingerprint density at radius 3 is 2.29 bits per heavy atom. The molecule has 0 aliphatic heterocycles. The third kappa shape index (κ3) is 7.84. The van der Waals surface area contributed by atoms with Gasteiger partial charge in [0.05, 0.1) is 0 Å². The number of benzene rings is 1. The monoisotopic (exact) mass is 362 g/mol. The van der Waals surface area contributed by atoms with Crippen molar-refractivity contribution in [2.45, 2.75) is 64.3 Å². The van der Waals surface area contributed by atoms with E-state index in [1.54, 1.807) is 0 Å². The van der Waals surface area contributed by atoms with Crippen molar-refractivity contribution in [1.82, 2.24) is 0 Å². The summed E-state index contributed by atoms with van der Waals surface area (Å²) in [6, 6.07) is 10.4. The van der Waals surface area contributed by atoms with Crippen molar-refractivity contribution >= 4 is 31.0 Å². The molecule has 1 nitrogen and oxygen atoms in total. The molecule has 4 heteroatoms. The van der Waals surface area contributed by atoms with Crippen LogP contribution >= 0.6 is 24.8 Å². The van der Waals surface area contributed by atoms with Gasteiger partial charge in [-0.2, -0.15) is 0 Å². The molecule has 0 aromatic heterocycles. The summed E-state index contributed by atoms with van der Waals surface area (Å²) < 4.78 is 0. The zero-order chi connectivity index (χ0) is 13.0. The fourth-order valence-corrected chi connectivity index (χ4v) is 2.42. The molecule has 2 rings (SSSR count). The van der Waals surface area contributed by atoms with Crippen molar-refractivity contribution in [3.8, 4) is 0 Å². The number of hydrogen-bond donors (Lipinski definition) is 0. The van der Waals surface area contributed by atoms with E-state index in [-0.39, 0.29) is 51.9 Å². The zero-order valence-electron chi connectivity index (χ0n) is 13.2. The molecule has 0 heterocycles. The number of hydrogen-bond acceptors (Lipinski definition) is 1. The summed E-state index contributed by atoms with van der Waals surface area (Å²) in [4.78, 5) is 4.72. The van der Waals surface area contributed by atoms with Gasteiger partial charge >= 0.3 is 0 Å². The van der Waals surface area contributed by atoms with Crippen LogP contribution < -0.4 is 0 Å². The van der Waals surface area contributed by atoms with E-state index < -0.39 is 0 Å². The van der Waals surface area contributed by atoms with Gasteiger partial charge in [0.2, 0.25) is 0 Å². The van der Waals surface area contributed by atoms with Crippen molar-refractivity contribution in [2.24, 2.45) is 4.99 Å². The minimum Gasteiger partial charge on any atom is -0.337 e. The maximum Gasteiger partial charge on any atom is 0.0393 e. The Labute approximate surface area is 157 Å². The molecule has 1 aromatic carbocycles. The Hall–Kier alpha value is 0.184. The molecule has 1 aliphatic rings. The van der Waals surface area contributed by atoms with E-state index in [0.29, 0.717) is 6.04 Å². The molecular formula is C17H26Cl2NTi-. The third-order valence-corrected chi connectivity index (χ3v) is 3.62. The van der Waals surface area contributed by atoms with Gasteiger partial charge in [0.25, 0.3) is 0 Å². The van der Waals surface area contributed by atoms with E-state index in [1.807, 2.05) is 6.21 Å². The molecule has 0 saturated heterocycles. The van der Waals surface area contributed by atoms with Gasteiger partial charge in [0, 0.05) is 27.8 Å². The van der Waals surface area contributed by atoms with Crippen LogP contribution in [-0.4, -0.2) is 12.3 Å². The van der Waals surface area contributed by atoms with Crippen molar-refractivity contribution < 1.29 is 21.7 Å². The van der Waals surface area contributed by atoms with Crippen LogP contribution in [0.5, 0.6) is 0 Å². The Morgan fingerprint density at radius 2 is 1.71 bits per heavy atom. The smallest absolute Gasteiger partial charge is 0.0393 e. The van der Waals surface area contributed by atoms with Gasteiger partial charge in [-0.05, 0) is 18.3 Å². The van der Waals surface area contributed by atoms with Crippen molar-refractivity contribution in [1.29, 1.82) is 0 Å². The van der Waals surface area contributed by atoms with Crippen molar-refractivity contribution in [3.63, 3.8) is 0 Å². The molecule has 0 spiro atoms. The summed E-state index contributed by atoms with van der Waals surface area (Å²) in [5.74, 6) is 0. The van der Waals surface area contributed by atoms with Gasteiger partial charge in [-0.25, -0.2) is 0 Å². The maximum absolute atomic E-state index is 4.72. The van der Waals surface area contributed by atoms with Crippen LogP contribution in [0.2, 0.25) is 0 Å². The Kier molecular flexibility index (Phi) is 12.1. The summed E-state index contributed by atoms with van der Waals surface area (Å²) in [5.41, 5.74) is 2.54. The second-order valence-electron chi connectivity index (χ2n) is 6.34. The largest absolute Gasteiger partial charge is 0.337 e. The molecule has 21 heavy (non-hydrogen) atoms. The standard InChI is InChI=1S/C17H24N.2ClH.Ti/c1-17(2,3)15-9-7-8-14(12-15)13-18-16-10-5-4-6-11-16;;;/h7-9,13,16H,4-6,10-11H2,1-3H3;2*1H;/q-1;;;. The Balaban J connectivity index is 0. The normalized spacial score (nSPS) is 15.8. The first-order chi connectivity index (χ1) is 8.55. The van der Waals surface area contributed by atoms with Gasteiger partial charge in [-0.1, -0.05) is 46.2 Å². The average molecular weight is 363 g/mol. The Bertz CT molecular complexity index is 421. The molecule has 0 N–H and O–H groups in total. The minimum atomic E-state index is 0. The maximum atomic E-state index is 4.72. The van der Waals surface area contributed by atoms with Crippen LogP contribution in [0.25, 0.3) is 0 Å². The van der Waals surface area contributed by atoms with Crippen molar-refractivity contribution in [3.05, 3.63) is 35.4 Å². The summed E-state index contributed by atoms with van der Waals surface area (Å²) >= 11 is 0. The van der Waals surface area contributed by atoms with E-state index in [4.69, 9.17) is 4.99 Å². The fraction of sp³-hybridized carbons (Fsp3) is 0.588. The molecule has 0 bridgehead atoms. The molecule has 0 unspecified atom stereocenters. The molecule has 1 fully saturated rings. The summed E-state index contributed by atoms with van der Waals surface area (Å²) in [6.07, 6.45) is 8.61. The van der Waals surface area contributed by atoms with E-state index in [2.05, 4.69) is 45.0 Å². The average Bonchev–Trinajstić information content (AvgIpc) is 2.37. The topological polar surface area (TPSA) is 12.4 Å². The molecule has 1 aliphatic carbocycles. The summed E-state index contributed by atoms with van der Waals surface area (Å²) in [6.45, 7) is 6.67. The molecule has 0 atom stereocenters.